The Morgan fingerprint density at radius 2 is 0.556 bits per heavy atom. The number of nitrogen functional groups attached to an aromatic ring is 3. The SMILES string of the molecule is C.C.C.CC(C)C(C)(c1ccc(-c2cnc(N)nc2)cc1)c1noc(-c2cnn(C)c2)n1.CC(C)[C@@](C)(c1ccc(-c2cnc(N)nc2)cc1)c1noc(-c2cnn(C)c2)n1.CC(C)[C@](C)(c1ccc(-c2cnc(N)nc2)cc1)c1noc(-c2cnn(C)c2)n1. The van der Waals surface area contributed by atoms with Crippen LogP contribution in [-0.4, -0.2) is 89.7 Å². The molecule has 24 nitrogen and oxygen atoms in total. The third-order valence-corrected chi connectivity index (χ3v) is 16.5. The summed E-state index contributed by atoms with van der Waals surface area (Å²) < 4.78 is 21.8. The highest BCUT2D eigenvalue weighted by Gasteiger charge is 2.40. The van der Waals surface area contributed by atoms with E-state index in [0.717, 1.165) is 66.8 Å². The van der Waals surface area contributed by atoms with Gasteiger partial charge in [0.2, 0.25) is 17.8 Å². The van der Waals surface area contributed by atoms with Gasteiger partial charge in [-0.05, 0) is 71.9 Å². The maximum atomic E-state index is 5.58. The Labute approximate surface area is 524 Å². The van der Waals surface area contributed by atoms with E-state index >= 15 is 0 Å². The number of hydrogen-bond acceptors (Lipinski definition) is 21. The van der Waals surface area contributed by atoms with Crippen LogP contribution in [0.1, 0.15) is 119 Å². The minimum absolute atomic E-state index is 0. The second-order valence-electron chi connectivity index (χ2n) is 22.8. The zero-order chi connectivity index (χ0) is 61.8. The van der Waals surface area contributed by atoms with E-state index in [1.807, 2.05) is 76.1 Å². The van der Waals surface area contributed by atoms with Crippen molar-refractivity contribution in [1.29, 1.82) is 0 Å². The fourth-order valence-corrected chi connectivity index (χ4v) is 9.90. The van der Waals surface area contributed by atoms with E-state index in [-0.39, 0.29) is 57.9 Å². The molecule has 0 aliphatic carbocycles. The van der Waals surface area contributed by atoms with Gasteiger partial charge in [0.1, 0.15) is 0 Å². The molecule has 0 saturated heterocycles. The predicted molar refractivity (Wildman–Crippen MR) is 349 cm³/mol. The molecule has 3 atom stereocenters. The monoisotopic (exact) mass is 1220 g/mol. The van der Waals surface area contributed by atoms with Gasteiger partial charge in [0.15, 0.2) is 17.5 Å². The summed E-state index contributed by atoms with van der Waals surface area (Å²) in [7, 11) is 5.56. The minimum Gasteiger partial charge on any atom is -0.368 e. The fraction of sp³-hybridized carbons (Fsp3) is 0.318. The standard InChI is InChI=1S/3C21H23N7O.3CH4/c3*1-13(2)21(3,19-26-18(29-27-19)16-11-25-28(4)12-16)17-7-5-14(6-8-17)15-9-23-20(22)24-10-15;;;/h3*5-13H,1-4H3,(H2,22,23,24);3*1H4/t2*21-;;;;/m10..../s1. The van der Waals surface area contributed by atoms with Gasteiger partial charge in [-0.3, -0.25) is 14.0 Å². The van der Waals surface area contributed by atoms with Crippen molar-refractivity contribution in [2.75, 3.05) is 17.2 Å². The van der Waals surface area contributed by atoms with Crippen molar-refractivity contribution >= 4 is 17.8 Å². The summed E-state index contributed by atoms with van der Waals surface area (Å²) in [4.78, 5) is 38.4. The smallest absolute Gasteiger partial charge is 0.261 e. The van der Waals surface area contributed by atoms with Crippen LogP contribution in [0.25, 0.3) is 67.7 Å². The molecule has 12 aromatic rings. The molecule has 1 unspecified atom stereocenters. The fourth-order valence-electron chi connectivity index (χ4n) is 9.90. The van der Waals surface area contributed by atoms with Crippen molar-refractivity contribution < 1.29 is 13.6 Å². The second kappa shape index (κ2) is 27.6. The van der Waals surface area contributed by atoms with E-state index in [4.69, 9.17) is 30.8 Å². The predicted octanol–water partition coefficient (Wildman–Crippen LogP) is 12.3. The van der Waals surface area contributed by atoms with E-state index in [0.29, 0.717) is 35.1 Å². The molecule has 0 bridgehead atoms. The zero-order valence-electron chi connectivity index (χ0n) is 50.6. The molecule has 468 valence electrons. The van der Waals surface area contributed by atoms with E-state index in [9.17, 15) is 0 Å². The van der Waals surface area contributed by atoms with E-state index in [1.54, 1.807) is 69.8 Å². The number of nitrogens with zero attached hydrogens (tertiary/aromatic N) is 18. The number of nitrogens with two attached hydrogens (primary N) is 3. The number of aromatic nitrogens is 18. The Morgan fingerprint density at radius 3 is 0.744 bits per heavy atom. The molecular weight excluding hydrogens is 1130 g/mol. The lowest BCUT2D eigenvalue weighted by Crippen LogP contribution is -2.31. The molecule has 6 N–H and O–H groups in total. The first kappa shape index (κ1) is 66.9. The summed E-state index contributed by atoms with van der Waals surface area (Å²) in [5.41, 5.74) is 27.0. The molecule has 12 rings (SSSR count). The Kier molecular flexibility index (Phi) is 20.5. The molecule has 9 heterocycles. The first-order chi connectivity index (χ1) is 41.6. The van der Waals surface area contributed by atoms with Gasteiger partial charge in [0, 0.05) is 93.6 Å². The Hall–Kier alpha value is -10.7. The number of hydrogen-bond donors (Lipinski definition) is 3. The largest absolute Gasteiger partial charge is 0.368 e. The summed E-state index contributed by atoms with van der Waals surface area (Å²) in [6.07, 6.45) is 21.0. The lowest BCUT2D eigenvalue weighted by molar-refractivity contribution is 0.351. The maximum absolute atomic E-state index is 5.58. The van der Waals surface area contributed by atoms with Crippen LogP contribution in [0, 0.1) is 17.8 Å². The molecule has 0 aliphatic rings. The summed E-state index contributed by atoms with van der Waals surface area (Å²) in [5, 5.41) is 25.4. The number of rotatable bonds is 15. The lowest BCUT2D eigenvalue weighted by atomic mass is 9.72. The van der Waals surface area contributed by atoms with Crippen LogP contribution in [0.5, 0.6) is 0 Å². The van der Waals surface area contributed by atoms with Gasteiger partial charge in [0.05, 0.1) is 51.5 Å². The molecule has 3 aromatic carbocycles. The van der Waals surface area contributed by atoms with Crippen LogP contribution in [0.2, 0.25) is 0 Å². The third kappa shape index (κ3) is 13.7. The highest BCUT2D eigenvalue weighted by molar-refractivity contribution is 5.65. The van der Waals surface area contributed by atoms with Crippen molar-refractivity contribution in [3.63, 3.8) is 0 Å². The van der Waals surface area contributed by atoms with Crippen molar-refractivity contribution in [3.05, 3.63) is 181 Å². The average molecular weight is 1220 g/mol. The normalized spacial score (nSPS) is 13.1. The first-order valence-corrected chi connectivity index (χ1v) is 28.2. The quantitative estimate of drug-likeness (QED) is 0.0858. The molecule has 24 heteroatoms. The summed E-state index contributed by atoms with van der Waals surface area (Å²) >= 11 is 0. The van der Waals surface area contributed by atoms with E-state index < -0.39 is 16.2 Å². The molecule has 0 amide bonds. The number of benzene rings is 3. The molecule has 0 spiro atoms. The average Bonchev–Trinajstić information content (AvgIpc) is 1.67. The zero-order valence-corrected chi connectivity index (χ0v) is 50.6. The molecular formula is C66H81N21O3. The van der Waals surface area contributed by atoms with Gasteiger partial charge in [-0.1, -0.05) is 152 Å². The van der Waals surface area contributed by atoms with Crippen molar-refractivity contribution in [1.82, 2.24) is 89.7 Å². The van der Waals surface area contributed by atoms with Gasteiger partial charge in [-0.25, -0.2) is 29.9 Å². The topological polar surface area (TPSA) is 326 Å². The van der Waals surface area contributed by atoms with Crippen molar-refractivity contribution in [3.8, 4) is 67.7 Å². The molecule has 0 fully saturated rings. The highest BCUT2D eigenvalue weighted by atomic mass is 16.5. The van der Waals surface area contributed by atoms with Gasteiger partial charge < -0.3 is 30.8 Å². The van der Waals surface area contributed by atoms with Gasteiger partial charge in [-0.15, -0.1) is 0 Å². The lowest BCUT2D eigenvalue weighted by Gasteiger charge is -2.31. The molecule has 90 heavy (non-hydrogen) atoms. The van der Waals surface area contributed by atoms with E-state index in [2.05, 4.69) is 174 Å². The number of anilines is 3. The van der Waals surface area contributed by atoms with Crippen molar-refractivity contribution in [2.45, 2.75) is 101 Å². The van der Waals surface area contributed by atoms with Crippen LogP contribution in [0.15, 0.2) is 161 Å². The van der Waals surface area contributed by atoms with Crippen LogP contribution >= 0.6 is 0 Å². The summed E-state index contributed by atoms with van der Waals surface area (Å²) in [6, 6.07) is 24.8. The first-order valence-electron chi connectivity index (χ1n) is 28.2. The molecule has 0 radical (unpaired) electrons. The summed E-state index contributed by atoms with van der Waals surface area (Å²) in [5.74, 6) is 4.87. The Morgan fingerprint density at radius 1 is 0.333 bits per heavy atom. The van der Waals surface area contributed by atoms with Crippen LogP contribution in [-0.2, 0) is 37.4 Å². The van der Waals surface area contributed by atoms with Gasteiger partial charge in [-0.2, -0.15) is 30.2 Å². The summed E-state index contributed by atoms with van der Waals surface area (Å²) in [6.45, 7) is 19.3. The molecule has 0 saturated carbocycles. The van der Waals surface area contributed by atoms with Crippen LogP contribution in [0.3, 0.4) is 0 Å². The second-order valence-corrected chi connectivity index (χ2v) is 22.8. The van der Waals surface area contributed by atoms with Crippen molar-refractivity contribution in [2.24, 2.45) is 38.9 Å². The Bertz CT molecular complexity index is 3770. The van der Waals surface area contributed by atoms with Gasteiger partial charge in [0.25, 0.3) is 17.7 Å². The van der Waals surface area contributed by atoms with Gasteiger partial charge >= 0.3 is 0 Å². The third-order valence-electron chi connectivity index (χ3n) is 16.5. The molecule has 0 aliphatic heterocycles. The Balaban J connectivity index is 0.000000189. The molecule has 9 aromatic heterocycles. The number of aryl methyl sites for hydroxylation is 3. The maximum Gasteiger partial charge on any atom is 0.261 e. The minimum atomic E-state index is -0.417. The van der Waals surface area contributed by atoms with E-state index in [1.165, 1.54) is 0 Å². The van der Waals surface area contributed by atoms with Crippen LogP contribution < -0.4 is 17.2 Å². The van der Waals surface area contributed by atoms with Crippen LogP contribution in [0.4, 0.5) is 17.8 Å². The highest BCUT2D eigenvalue weighted by Crippen LogP contribution is 2.42.